The van der Waals surface area contributed by atoms with Gasteiger partial charge in [-0.3, -0.25) is 14.5 Å². The number of nitrogens with zero attached hydrogens (tertiary/aromatic N) is 1. The van der Waals surface area contributed by atoms with Gasteiger partial charge in [0.15, 0.2) is 0 Å². The van der Waals surface area contributed by atoms with Crippen LogP contribution in [0.3, 0.4) is 0 Å². The maximum absolute atomic E-state index is 13.0. The van der Waals surface area contributed by atoms with Gasteiger partial charge in [0, 0.05) is 13.0 Å². The van der Waals surface area contributed by atoms with E-state index in [1.807, 2.05) is 0 Å². The Kier molecular flexibility index (Phi) is 2.92. The first-order valence-corrected chi connectivity index (χ1v) is 5.24. The van der Waals surface area contributed by atoms with Crippen LogP contribution >= 0.6 is 0 Å². The van der Waals surface area contributed by atoms with Crippen molar-refractivity contribution < 1.29 is 14.0 Å². The van der Waals surface area contributed by atoms with E-state index in [1.54, 1.807) is 0 Å². The molecule has 0 fully saturated rings. The second-order valence-corrected chi connectivity index (χ2v) is 3.76. The average Bonchev–Trinajstić information content (AvgIpc) is 2.54. The molecule has 0 saturated heterocycles. The molecule has 1 aromatic carbocycles. The zero-order chi connectivity index (χ0) is 12.4. The molecule has 3 nitrogen and oxygen atoms in total. The monoisotopic (exact) mass is 231 g/mol. The molecule has 0 saturated carbocycles. The topological polar surface area (TPSA) is 37.4 Å². The van der Waals surface area contributed by atoms with Crippen LogP contribution in [0.1, 0.15) is 33.6 Å². The molecule has 0 aliphatic carbocycles. The largest absolute Gasteiger partial charge is 0.274 e. The maximum Gasteiger partial charge on any atom is 0.261 e. The minimum atomic E-state index is -0.518. The highest BCUT2D eigenvalue weighted by Crippen LogP contribution is 2.23. The summed E-state index contributed by atoms with van der Waals surface area (Å²) >= 11 is 0. The molecule has 4 heteroatoms. The third-order valence-electron chi connectivity index (χ3n) is 2.64. The van der Waals surface area contributed by atoms with Crippen molar-refractivity contribution >= 4 is 11.8 Å². The lowest BCUT2D eigenvalue weighted by Gasteiger charge is -2.12. The van der Waals surface area contributed by atoms with E-state index >= 15 is 0 Å². The molecular formula is C13H10FNO2. The predicted octanol–water partition coefficient (Wildman–Crippen LogP) is 1.84. The van der Waals surface area contributed by atoms with E-state index in [2.05, 4.69) is 5.92 Å². The Morgan fingerprint density at radius 1 is 1.24 bits per heavy atom. The van der Waals surface area contributed by atoms with Gasteiger partial charge in [-0.1, -0.05) is 0 Å². The van der Waals surface area contributed by atoms with Crippen molar-refractivity contribution in [2.24, 2.45) is 0 Å². The Morgan fingerprint density at radius 2 is 1.94 bits per heavy atom. The normalized spacial score (nSPS) is 13.8. The summed E-state index contributed by atoms with van der Waals surface area (Å²) in [6.07, 6.45) is 6.16. The zero-order valence-corrected chi connectivity index (χ0v) is 9.07. The molecule has 0 atom stereocenters. The Hall–Kier alpha value is -2.15. The SMILES string of the molecule is C#CCCCN1C(=O)c2ccc(F)cc2C1=O. The van der Waals surface area contributed by atoms with E-state index in [0.717, 1.165) is 11.0 Å². The lowest BCUT2D eigenvalue weighted by atomic mass is 10.1. The molecular weight excluding hydrogens is 221 g/mol. The summed E-state index contributed by atoms with van der Waals surface area (Å²) in [6.45, 7) is 0.276. The predicted molar refractivity (Wildman–Crippen MR) is 59.8 cm³/mol. The van der Waals surface area contributed by atoms with Crippen LogP contribution in [-0.2, 0) is 0 Å². The molecule has 86 valence electrons. The molecule has 1 aliphatic rings. The van der Waals surface area contributed by atoms with E-state index in [4.69, 9.17) is 6.42 Å². The van der Waals surface area contributed by atoms with Gasteiger partial charge in [0.25, 0.3) is 11.8 Å². The highest BCUT2D eigenvalue weighted by atomic mass is 19.1. The Morgan fingerprint density at radius 3 is 2.65 bits per heavy atom. The van der Waals surface area contributed by atoms with E-state index in [0.29, 0.717) is 12.8 Å². The van der Waals surface area contributed by atoms with Crippen LogP contribution in [-0.4, -0.2) is 23.3 Å². The lowest BCUT2D eigenvalue weighted by Crippen LogP contribution is -2.30. The summed E-state index contributed by atoms with van der Waals surface area (Å²) in [5.41, 5.74) is 0.396. The summed E-state index contributed by atoms with van der Waals surface area (Å²) in [5, 5.41) is 0. The number of carbonyl (C=O) groups excluding carboxylic acids is 2. The first-order valence-electron chi connectivity index (χ1n) is 5.24. The van der Waals surface area contributed by atoms with Crippen molar-refractivity contribution in [2.45, 2.75) is 12.8 Å². The van der Waals surface area contributed by atoms with Crippen LogP contribution in [0.15, 0.2) is 18.2 Å². The second-order valence-electron chi connectivity index (χ2n) is 3.76. The number of hydrogen-bond acceptors (Lipinski definition) is 2. The third-order valence-corrected chi connectivity index (χ3v) is 2.64. The molecule has 1 aromatic rings. The number of halogens is 1. The van der Waals surface area contributed by atoms with E-state index in [-0.39, 0.29) is 23.6 Å². The molecule has 0 bridgehead atoms. The first-order chi connectivity index (χ1) is 8.15. The molecule has 0 radical (unpaired) electrons. The summed E-state index contributed by atoms with van der Waals surface area (Å²) in [5.74, 6) is 1.11. The van der Waals surface area contributed by atoms with Gasteiger partial charge >= 0.3 is 0 Å². The van der Waals surface area contributed by atoms with Gasteiger partial charge in [0.1, 0.15) is 5.82 Å². The van der Waals surface area contributed by atoms with Gasteiger partial charge in [-0.25, -0.2) is 4.39 Å². The van der Waals surface area contributed by atoms with Gasteiger partial charge < -0.3 is 0 Å². The number of carbonyl (C=O) groups is 2. The molecule has 1 aliphatic heterocycles. The van der Waals surface area contributed by atoms with Crippen molar-refractivity contribution in [1.29, 1.82) is 0 Å². The molecule has 2 amide bonds. The van der Waals surface area contributed by atoms with Crippen molar-refractivity contribution in [1.82, 2.24) is 4.90 Å². The molecule has 0 unspecified atom stereocenters. The Balaban J connectivity index is 2.24. The number of unbranched alkanes of at least 4 members (excludes halogenated alkanes) is 1. The minimum Gasteiger partial charge on any atom is -0.274 e. The van der Waals surface area contributed by atoms with Crippen molar-refractivity contribution in [3.05, 3.63) is 35.1 Å². The third kappa shape index (κ3) is 1.92. The fourth-order valence-electron chi connectivity index (χ4n) is 1.81. The number of amides is 2. The number of imide groups is 1. The molecule has 0 spiro atoms. The number of terminal acetylenes is 1. The Labute approximate surface area is 98.2 Å². The average molecular weight is 231 g/mol. The summed E-state index contributed by atoms with van der Waals surface area (Å²) in [6, 6.07) is 3.61. The second kappa shape index (κ2) is 4.38. The lowest BCUT2D eigenvalue weighted by molar-refractivity contribution is 0.0653. The van der Waals surface area contributed by atoms with Gasteiger partial charge in [-0.2, -0.15) is 0 Å². The molecule has 1 heterocycles. The van der Waals surface area contributed by atoms with Crippen LogP contribution in [0, 0.1) is 18.2 Å². The molecule has 17 heavy (non-hydrogen) atoms. The van der Waals surface area contributed by atoms with Gasteiger partial charge in [-0.15, -0.1) is 12.3 Å². The highest BCUT2D eigenvalue weighted by molar-refractivity contribution is 6.21. The van der Waals surface area contributed by atoms with Crippen molar-refractivity contribution in [3.63, 3.8) is 0 Å². The van der Waals surface area contributed by atoms with E-state index in [9.17, 15) is 14.0 Å². The number of hydrogen-bond donors (Lipinski definition) is 0. The number of fused-ring (bicyclic) bond motifs is 1. The standard InChI is InChI=1S/C13H10FNO2/c1-2-3-4-7-15-12(16)10-6-5-9(14)8-11(10)13(15)17/h1,5-6,8H,3-4,7H2. The Bertz CT molecular complexity index is 531. The van der Waals surface area contributed by atoms with Crippen molar-refractivity contribution in [2.75, 3.05) is 6.54 Å². The smallest absolute Gasteiger partial charge is 0.261 e. The van der Waals surface area contributed by atoms with Crippen LogP contribution < -0.4 is 0 Å². The van der Waals surface area contributed by atoms with Gasteiger partial charge in [0.2, 0.25) is 0 Å². The fourth-order valence-corrected chi connectivity index (χ4v) is 1.81. The summed E-state index contributed by atoms with van der Waals surface area (Å²) in [7, 11) is 0. The summed E-state index contributed by atoms with van der Waals surface area (Å²) < 4.78 is 13.0. The van der Waals surface area contributed by atoms with Crippen LogP contribution in [0.4, 0.5) is 4.39 Å². The maximum atomic E-state index is 13.0. The zero-order valence-electron chi connectivity index (χ0n) is 9.07. The number of rotatable bonds is 3. The fraction of sp³-hybridized carbons (Fsp3) is 0.231. The first kappa shape index (κ1) is 11.3. The highest BCUT2D eigenvalue weighted by Gasteiger charge is 2.35. The van der Waals surface area contributed by atoms with Crippen LogP contribution in [0.25, 0.3) is 0 Å². The van der Waals surface area contributed by atoms with Gasteiger partial charge in [0.05, 0.1) is 11.1 Å². The molecule has 0 aromatic heterocycles. The van der Waals surface area contributed by atoms with E-state index < -0.39 is 11.7 Å². The quantitative estimate of drug-likeness (QED) is 0.452. The number of benzene rings is 1. The van der Waals surface area contributed by atoms with E-state index in [1.165, 1.54) is 12.1 Å². The molecule has 0 N–H and O–H groups in total. The molecule has 2 rings (SSSR count). The van der Waals surface area contributed by atoms with Crippen LogP contribution in [0.2, 0.25) is 0 Å². The minimum absolute atomic E-state index is 0.135. The van der Waals surface area contributed by atoms with Crippen LogP contribution in [0.5, 0.6) is 0 Å². The van der Waals surface area contributed by atoms with Gasteiger partial charge in [-0.05, 0) is 24.6 Å². The summed E-state index contributed by atoms with van der Waals surface area (Å²) in [4.78, 5) is 24.8. The van der Waals surface area contributed by atoms with Crippen molar-refractivity contribution in [3.8, 4) is 12.3 Å².